The number of furan rings is 1. The van der Waals surface area contributed by atoms with Crippen LogP contribution in [-0.2, 0) is 40.9 Å². The predicted molar refractivity (Wildman–Crippen MR) is 201 cm³/mol. The van der Waals surface area contributed by atoms with Gasteiger partial charge in [0, 0.05) is 23.6 Å². The van der Waals surface area contributed by atoms with E-state index in [9.17, 15) is 24.3 Å². The number of oxime groups is 1. The van der Waals surface area contributed by atoms with Crippen molar-refractivity contribution in [1.82, 2.24) is 15.2 Å². The summed E-state index contributed by atoms with van der Waals surface area (Å²) in [5.41, 5.74) is 1.97. The summed E-state index contributed by atoms with van der Waals surface area (Å²) >= 11 is 2.51. The van der Waals surface area contributed by atoms with Crippen molar-refractivity contribution in [3.05, 3.63) is 154 Å². The number of carboxylic acid groups (broad SMARTS) is 1. The van der Waals surface area contributed by atoms with Gasteiger partial charge in [0.15, 0.2) is 17.5 Å². The van der Waals surface area contributed by atoms with E-state index >= 15 is 0 Å². The summed E-state index contributed by atoms with van der Waals surface area (Å²) in [6.45, 7) is 0.872. The van der Waals surface area contributed by atoms with Crippen LogP contribution in [0.15, 0.2) is 136 Å². The number of β-lactam (4-membered cyclic amide) rings is 1. The van der Waals surface area contributed by atoms with E-state index in [1.165, 1.54) is 36.3 Å². The number of carbonyl (C=O) groups excluding carboxylic acids is 3. The minimum Gasteiger partial charge on any atom is -0.477 e. The molecule has 2 aliphatic rings. The fourth-order valence-corrected chi connectivity index (χ4v) is 8.41. The third-order valence-electron chi connectivity index (χ3n) is 8.81. The Labute approximate surface area is 317 Å². The fraction of sp³-hybridized carbons (Fsp3) is 0.179. The lowest BCUT2D eigenvalue weighted by molar-refractivity contribution is -0.150. The minimum atomic E-state index is -1.34. The van der Waals surface area contributed by atoms with Gasteiger partial charge in [0.1, 0.15) is 40.7 Å². The maximum Gasteiger partial charge on any atom is 0.352 e. The summed E-state index contributed by atoms with van der Waals surface area (Å²) in [5.74, 6) is -2.65. The van der Waals surface area contributed by atoms with Crippen molar-refractivity contribution in [1.29, 1.82) is 0 Å². The van der Waals surface area contributed by atoms with Crippen molar-refractivity contribution in [3.8, 4) is 0 Å². The molecule has 2 atom stereocenters. The molecule has 2 aromatic heterocycles. The molecule has 0 spiro atoms. The number of thioether (sulfide) groups is 1. The Bertz CT molecular complexity index is 2110. The van der Waals surface area contributed by atoms with E-state index in [-0.39, 0.29) is 41.6 Å². The molecule has 0 radical (unpaired) electrons. The van der Waals surface area contributed by atoms with E-state index in [0.717, 1.165) is 21.6 Å². The Kier molecular flexibility index (Phi) is 10.6. The number of amides is 2. The number of rotatable bonds is 14. The summed E-state index contributed by atoms with van der Waals surface area (Å²) in [7, 11) is 0. The van der Waals surface area contributed by atoms with Crippen LogP contribution in [0.3, 0.4) is 0 Å². The van der Waals surface area contributed by atoms with Crippen molar-refractivity contribution in [2.45, 2.75) is 30.5 Å². The maximum atomic E-state index is 14.0. The van der Waals surface area contributed by atoms with Gasteiger partial charge >= 0.3 is 11.9 Å². The average Bonchev–Trinajstić information content (AvgIpc) is 3.90. The van der Waals surface area contributed by atoms with E-state index in [2.05, 4.69) is 15.8 Å². The molecule has 274 valence electrons. The first-order valence-electron chi connectivity index (χ1n) is 16.7. The topological polar surface area (TPSA) is 173 Å². The lowest BCUT2D eigenvalue weighted by Gasteiger charge is -2.49. The molecule has 2 unspecified atom stereocenters. The molecule has 2 aliphatic heterocycles. The first-order valence-corrected chi connectivity index (χ1v) is 18.7. The van der Waals surface area contributed by atoms with Crippen LogP contribution in [0.1, 0.15) is 35.1 Å². The Morgan fingerprint density at radius 2 is 1.57 bits per heavy atom. The van der Waals surface area contributed by atoms with Gasteiger partial charge in [-0.25, -0.2) is 9.78 Å². The second-order valence-electron chi connectivity index (χ2n) is 12.2. The van der Waals surface area contributed by atoms with E-state index in [0.29, 0.717) is 10.9 Å². The molecule has 7 rings (SSSR count). The molecular formula is C39H33N5O8S2. The van der Waals surface area contributed by atoms with Crippen LogP contribution < -0.4 is 10.6 Å². The third-order valence-corrected chi connectivity index (χ3v) is 10.9. The number of carboxylic acids is 1. The zero-order valence-electron chi connectivity index (χ0n) is 28.7. The summed E-state index contributed by atoms with van der Waals surface area (Å²) in [6, 6.07) is 32.2. The highest BCUT2D eigenvalue weighted by atomic mass is 32.2. The number of esters is 1. The lowest BCUT2D eigenvalue weighted by atomic mass is 9.77. The van der Waals surface area contributed by atoms with Gasteiger partial charge in [0.25, 0.3) is 11.8 Å². The normalized spacial score (nSPS) is 16.9. The van der Waals surface area contributed by atoms with Crippen LogP contribution in [0.25, 0.3) is 0 Å². The molecule has 0 aliphatic carbocycles. The lowest BCUT2D eigenvalue weighted by Crippen LogP contribution is -2.71. The number of ether oxygens (including phenoxy) is 1. The van der Waals surface area contributed by atoms with Crippen LogP contribution in [-0.4, -0.2) is 68.2 Å². The van der Waals surface area contributed by atoms with Gasteiger partial charge < -0.3 is 29.7 Å². The molecule has 2 amide bonds. The van der Waals surface area contributed by atoms with Gasteiger partial charge in [-0.2, -0.15) is 0 Å². The highest BCUT2D eigenvalue weighted by Gasteiger charge is 2.54. The average molecular weight is 764 g/mol. The van der Waals surface area contributed by atoms with Crippen LogP contribution >= 0.6 is 23.1 Å². The van der Waals surface area contributed by atoms with Gasteiger partial charge in [-0.15, -0.1) is 23.1 Å². The maximum absolute atomic E-state index is 14.0. The summed E-state index contributed by atoms with van der Waals surface area (Å²) in [5, 5.41) is 22.0. The Morgan fingerprint density at radius 3 is 2.13 bits per heavy atom. The monoisotopic (exact) mass is 763 g/mol. The fourth-order valence-electron chi connectivity index (χ4n) is 6.33. The first-order chi connectivity index (χ1) is 26.3. The molecule has 3 aromatic carbocycles. The van der Waals surface area contributed by atoms with E-state index < -0.39 is 40.7 Å². The molecule has 0 bridgehead atoms. The van der Waals surface area contributed by atoms with Crippen molar-refractivity contribution >= 4 is 57.7 Å². The number of fused-ring (bicyclic) bond motifs is 1. The number of aliphatic carboxylic acids is 1. The van der Waals surface area contributed by atoms with Crippen LogP contribution in [0.2, 0.25) is 0 Å². The summed E-state index contributed by atoms with van der Waals surface area (Å²) < 4.78 is 10.4. The number of benzene rings is 3. The van der Waals surface area contributed by atoms with Gasteiger partial charge in [-0.1, -0.05) is 96.2 Å². The Balaban J connectivity index is 1.20. The first kappa shape index (κ1) is 36.2. The van der Waals surface area contributed by atoms with Gasteiger partial charge in [-0.05, 0) is 28.8 Å². The second-order valence-corrected chi connectivity index (χ2v) is 14.2. The van der Waals surface area contributed by atoms with Crippen molar-refractivity contribution in [2.24, 2.45) is 5.16 Å². The van der Waals surface area contributed by atoms with Crippen LogP contribution in [0.4, 0.5) is 5.13 Å². The molecule has 0 saturated carbocycles. The van der Waals surface area contributed by atoms with E-state index in [1.807, 2.05) is 91.0 Å². The standard InChI is InChI=1S/C39H33N5O8S2/c1-24(45)51-20-25-22-53-36-32(35(47)44(36)33(25)37(48)49)41-34(46)31(43-52-21-29-18-11-19-50-29)30-23-54-38(40-30)42-39(26-12-5-2-6-13-26,27-14-7-3-8-15-27)28-16-9-4-10-17-28/h2-19,23,32,36H,20-22H2,1H3,(H,40,42)(H,41,46)(H,48,49)/b43-31-. The Morgan fingerprint density at radius 1 is 0.944 bits per heavy atom. The second kappa shape index (κ2) is 15.8. The molecule has 15 heteroatoms. The molecular weight excluding hydrogens is 731 g/mol. The van der Waals surface area contributed by atoms with Gasteiger partial charge in [-0.3, -0.25) is 19.3 Å². The predicted octanol–water partition coefficient (Wildman–Crippen LogP) is 5.36. The number of nitrogens with zero attached hydrogens (tertiary/aromatic N) is 3. The molecule has 5 aromatic rings. The molecule has 13 nitrogen and oxygen atoms in total. The minimum absolute atomic E-state index is 0.0787. The van der Waals surface area contributed by atoms with Gasteiger partial charge in [0.05, 0.1) is 6.26 Å². The van der Waals surface area contributed by atoms with Crippen molar-refractivity contribution in [3.63, 3.8) is 0 Å². The van der Waals surface area contributed by atoms with E-state index in [4.69, 9.17) is 19.0 Å². The number of hydrogen-bond donors (Lipinski definition) is 3. The number of anilines is 1. The zero-order chi connectivity index (χ0) is 37.7. The number of aromatic nitrogens is 1. The highest BCUT2D eigenvalue weighted by molar-refractivity contribution is 8.00. The van der Waals surface area contributed by atoms with Gasteiger partial charge in [0.2, 0.25) is 0 Å². The SMILES string of the molecule is CC(=O)OCC1=C(C(=O)O)N2C(=O)C(NC(=O)/C(=N\OCc3ccco3)c3csc(NC(c4ccccc4)(c4ccccc4)c4ccccc4)n3)C2SC1. The highest BCUT2D eigenvalue weighted by Crippen LogP contribution is 2.42. The van der Waals surface area contributed by atoms with Crippen LogP contribution in [0.5, 0.6) is 0 Å². The quantitative estimate of drug-likeness (QED) is 0.0437. The zero-order valence-corrected chi connectivity index (χ0v) is 30.3. The molecule has 1 fully saturated rings. The number of thiazole rings is 1. The molecule has 3 N–H and O–H groups in total. The van der Waals surface area contributed by atoms with Crippen molar-refractivity contribution < 1.29 is 38.3 Å². The molecule has 1 saturated heterocycles. The number of hydrogen-bond acceptors (Lipinski definition) is 12. The number of carbonyl (C=O) groups is 4. The number of nitrogens with one attached hydrogen (secondary N) is 2. The molecule has 4 heterocycles. The Hall–Kier alpha value is -6.19. The smallest absolute Gasteiger partial charge is 0.352 e. The van der Waals surface area contributed by atoms with Crippen LogP contribution in [0, 0.1) is 0 Å². The summed E-state index contributed by atoms with van der Waals surface area (Å²) in [4.78, 5) is 62.5. The largest absolute Gasteiger partial charge is 0.477 e. The van der Waals surface area contributed by atoms with Crippen molar-refractivity contribution in [2.75, 3.05) is 17.7 Å². The summed E-state index contributed by atoms with van der Waals surface area (Å²) in [6.07, 6.45) is 1.49. The molecule has 54 heavy (non-hydrogen) atoms. The third kappa shape index (κ3) is 7.23. The van der Waals surface area contributed by atoms with E-state index in [1.54, 1.807) is 17.5 Å².